The van der Waals surface area contributed by atoms with E-state index in [2.05, 4.69) is 46.3 Å². The van der Waals surface area contributed by atoms with Crippen LogP contribution in [0.4, 0.5) is 0 Å². The van der Waals surface area contributed by atoms with Crippen LogP contribution in [0, 0.1) is 6.92 Å². The van der Waals surface area contributed by atoms with E-state index in [4.69, 9.17) is 8.94 Å². The summed E-state index contributed by atoms with van der Waals surface area (Å²) in [6.45, 7) is 6.37. The van der Waals surface area contributed by atoms with E-state index in [1.165, 1.54) is 22.9 Å². The van der Waals surface area contributed by atoms with Crippen LogP contribution >= 0.6 is 11.8 Å². The van der Waals surface area contributed by atoms with Crippen molar-refractivity contribution < 1.29 is 8.94 Å². The summed E-state index contributed by atoms with van der Waals surface area (Å²) in [6.07, 6.45) is 0. The van der Waals surface area contributed by atoms with Crippen molar-refractivity contribution in [2.24, 2.45) is 0 Å². The van der Waals surface area contributed by atoms with Crippen LogP contribution in [0.3, 0.4) is 0 Å². The number of thioether (sulfide) groups is 1. The van der Waals surface area contributed by atoms with Gasteiger partial charge in [-0.1, -0.05) is 72.7 Å². The monoisotopic (exact) mass is 392 g/mol. The first-order valence-electron chi connectivity index (χ1n) is 9.05. The molecule has 2 aromatic carbocycles. The fraction of sp³-hybridized carbons (Fsp3) is 0.238. The number of hydrogen-bond donors (Lipinski definition) is 0. The molecular formula is C21H20N4O2S. The Morgan fingerprint density at radius 1 is 0.929 bits per heavy atom. The maximum Gasteiger partial charge on any atom is 0.277 e. The lowest BCUT2D eigenvalue weighted by Gasteiger charge is -2.04. The smallest absolute Gasteiger partial charge is 0.277 e. The van der Waals surface area contributed by atoms with Gasteiger partial charge in [-0.3, -0.25) is 0 Å². The molecule has 4 aromatic rings. The number of nitrogens with zero attached hydrogens (tertiary/aromatic N) is 4. The molecule has 0 saturated carbocycles. The Bertz CT molecular complexity index is 1050. The summed E-state index contributed by atoms with van der Waals surface area (Å²) in [7, 11) is 0. The number of aromatic nitrogens is 4. The molecule has 0 atom stereocenters. The van der Waals surface area contributed by atoms with Crippen molar-refractivity contribution in [1.82, 2.24) is 20.3 Å². The molecule has 0 saturated heterocycles. The van der Waals surface area contributed by atoms with E-state index in [1.807, 2.05) is 43.3 Å². The van der Waals surface area contributed by atoms with Gasteiger partial charge in [0.1, 0.15) is 0 Å². The van der Waals surface area contributed by atoms with Gasteiger partial charge in [-0.05, 0) is 30.5 Å². The minimum atomic E-state index is 0.465. The molecule has 0 radical (unpaired) electrons. The third kappa shape index (κ3) is 4.14. The van der Waals surface area contributed by atoms with Crippen molar-refractivity contribution in [2.75, 3.05) is 0 Å². The molecule has 0 aliphatic carbocycles. The highest BCUT2D eigenvalue weighted by atomic mass is 32.2. The van der Waals surface area contributed by atoms with E-state index < -0.39 is 0 Å². The highest BCUT2D eigenvalue weighted by Gasteiger charge is 2.13. The van der Waals surface area contributed by atoms with Gasteiger partial charge >= 0.3 is 0 Å². The second-order valence-electron chi connectivity index (χ2n) is 6.82. The lowest BCUT2D eigenvalue weighted by molar-refractivity contribution is 0.391. The van der Waals surface area contributed by atoms with E-state index >= 15 is 0 Å². The summed E-state index contributed by atoms with van der Waals surface area (Å²) in [5, 5.41) is 12.7. The SMILES string of the molecule is Cc1ccc(-c2nnc(SCc3nc(-c4ccc(C(C)C)cc4)no3)o2)cc1. The highest BCUT2D eigenvalue weighted by Crippen LogP contribution is 2.26. The van der Waals surface area contributed by atoms with Gasteiger partial charge in [0.25, 0.3) is 5.22 Å². The first kappa shape index (κ1) is 18.4. The number of aryl methyl sites for hydroxylation is 1. The molecule has 0 aliphatic heterocycles. The van der Waals surface area contributed by atoms with Crippen molar-refractivity contribution in [3.8, 4) is 22.8 Å². The van der Waals surface area contributed by atoms with Gasteiger partial charge in [0.05, 0.1) is 5.75 Å². The molecule has 0 aliphatic rings. The van der Waals surface area contributed by atoms with Crippen molar-refractivity contribution in [1.29, 1.82) is 0 Å². The summed E-state index contributed by atoms with van der Waals surface area (Å²) in [5.74, 6) is 2.55. The molecule has 28 heavy (non-hydrogen) atoms. The molecule has 0 bridgehead atoms. The van der Waals surface area contributed by atoms with Gasteiger partial charge in [0.15, 0.2) is 0 Å². The normalized spacial score (nSPS) is 11.3. The molecule has 0 spiro atoms. The minimum Gasteiger partial charge on any atom is -0.411 e. The fourth-order valence-electron chi connectivity index (χ4n) is 2.65. The van der Waals surface area contributed by atoms with E-state index in [1.54, 1.807) is 0 Å². The summed E-state index contributed by atoms with van der Waals surface area (Å²) in [5.41, 5.74) is 4.30. The van der Waals surface area contributed by atoms with Crippen molar-refractivity contribution in [3.63, 3.8) is 0 Å². The summed E-state index contributed by atoms with van der Waals surface area (Å²) >= 11 is 1.37. The van der Waals surface area contributed by atoms with Crippen molar-refractivity contribution in [2.45, 2.75) is 37.7 Å². The molecule has 0 N–H and O–H groups in total. The zero-order valence-corrected chi connectivity index (χ0v) is 16.7. The van der Waals surface area contributed by atoms with E-state index in [-0.39, 0.29) is 0 Å². The molecule has 142 valence electrons. The van der Waals surface area contributed by atoms with Crippen LogP contribution in [0.15, 0.2) is 62.7 Å². The Kier molecular flexibility index (Phi) is 5.25. The highest BCUT2D eigenvalue weighted by molar-refractivity contribution is 7.98. The molecule has 2 heterocycles. The van der Waals surface area contributed by atoms with Crippen LogP contribution in [0.2, 0.25) is 0 Å². The zero-order chi connectivity index (χ0) is 19.5. The first-order chi connectivity index (χ1) is 13.6. The molecule has 6 nitrogen and oxygen atoms in total. The quantitative estimate of drug-likeness (QED) is 0.400. The Labute approximate surface area is 167 Å². The van der Waals surface area contributed by atoms with Crippen molar-refractivity contribution in [3.05, 3.63) is 65.5 Å². The van der Waals surface area contributed by atoms with Crippen LogP contribution < -0.4 is 0 Å². The van der Waals surface area contributed by atoms with E-state index in [0.29, 0.717) is 34.5 Å². The largest absolute Gasteiger partial charge is 0.411 e. The lowest BCUT2D eigenvalue weighted by atomic mass is 10.0. The Morgan fingerprint density at radius 3 is 2.36 bits per heavy atom. The predicted octanol–water partition coefficient (Wildman–Crippen LogP) is 5.51. The van der Waals surface area contributed by atoms with Crippen LogP contribution in [-0.4, -0.2) is 20.3 Å². The van der Waals surface area contributed by atoms with E-state index in [0.717, 1.165) is 11.1 Å². The molecule has 2 aromatic heterocycles. The van der Waals surface area contributed by atoms with Gasteiger partial charge in [0, 0.05) is 11.1 Å². The molecular weight excluding hydrogens is 372 g/mol. The Balaban J connectivity index is 1.40. The maximum atomic E-state index is 5.71. The van der Waals surface area contributed by atoms with Crippen molar-refractivity contribution >= 4 is 11.8 Å². The topological polar surface area (TPSA) is 77.8 Å². The number of hydrogen-bond acceptors (Lipinski definition) is 7. The fourth-order valence-corrected chi connectivity index (χ4v) is 3.25. The van der Waals surface area contributed by atoms with Crippen LogP contribution in [0.25, 0.3) is 22.8 Å². The molecule has 7 heteroatoms. The molecule has 0 amide bonds. The second-order valence-corrected chi connectivity index (χ2v) is 7.74. The van der Waals surface area contributed by atoms with Crippen LogP contribution in [0.1, 0.15) is 36.8 Å². The van der Waals surface area contributed by atoms with Gasteiger partial charge < -0.3 is 8.94 Å². The van der Waals surface area contributed by atoms with Crippen LogP contribution in [0.5, 0.6) is 0 Å². The minimum absolute atomic E-state index is 0.465. The van der Waals surface area contributed by atoms with Gasteiger partial charge in [-0.2, -0.15) is 4.98 Å². The predicted molar refractivity (Wildman–Crippen MR) is 108 cm³/mol. The average molecular weight is 392 g/mol. The second kappa shape index (κ2) is 7.98. The Hall–Kier alpha value is -2.93. The number of rotatable bonds is 6. The van der Waals surface area contributed by atoms with Gasteiger partial charge in [-0.15, -0.1) is 10.2 Å². The molecule has 0 unspecified atom stereocenters. The van der Waals surface area contributed by atoms with E-state index in [9.17, 15) is 0 Å². The van der Waals surface area contributed by atoms with Crippen LogP contribution in [-0.2, 0) is 5.75 Å². The average Bonchev–Trinajstić information content (AvgIpc) is 3.37. The number of benzene rings is 2. The van der Waals surface area contributed by atoms with Gasteiger partial charge in [-0.25, -0.2) is 0 Å². The summed E-state index contributed by atoms with van der Waals surface area (Å²) in [4.78, 5) is 4.46. The lowest BCUT2D eigenvalue weighted by Crippen LogP contribution is -1.88. The summed E-state index contributed by atoms with van der Waals surface area (Å²) in [6, 6.07) is 16.2. The standard InChI is InChI=1S/C21H20N4O2S/c1-13(2)15-8-10-16(11-9-15)19-22-18(27-25-19)12-28-21-24-23-20(26-21)17-6-4-14(3)5-7-17/h4-11,13H,12H2,1-3H3. The maximum absolute atomic E-state index is 5.71. The summed E-state index contributed by atoms with van der Waals surface area (Å²) < 4.78 is 11.1. The molecule has 4 rings (SSSR count). The third-order valence-electron chi connectivity index (χ3n) is 4.33. The Morgan fingerprint density at radius 2 is 1.64 bits per heavy atom. The first-order valence-corrected chi connectivity index (χ1v) is 10.0. The van der Waals surface area contributed by atoms with Gasteiger partial charge in [0.2, 0.25) is 17.6 Å². The molecule has 0 fully saturated rings. The third-order valence-corrected chi connectivity index (χ3v) is 5.13. The zero-order valence-electron chi connectivity index (χ0n) is 15.9.